The predicted molar refractivity (Wildman–Crippen MR) is 71.2 cm³/mol. The van der Waals surface area contributed by atoms with Crippen LogP contribution in [0.3, 0.4) is 0 Å². The zero-order chi connectivity index (χ0) is 14.5. The number of hydrogen-bond donors (Lipinski definition) is 0. The molecule has 2 atom stereocenters. The molecule has 2 unspecified atom stereocenters. The second kappa shape index (κ2) is 6.67. The highest BCUT2D eigenvalue weighted by molar-refractivity contribution is 5.67. The van der Waals surface area contributed by atoms with Crippen molar-refractivity contribution < 1.29 is 18.3 Å². The van der Waals surface area contributed by atoms with Crippen LogP contribution < -0.4 is 0 Å². The monoisotopic (exact) mass is 276 g/mol. The third kappa shape index (κ3) is 3.46. The Balaban J connectivity index is 2.65. The molecule has 1 aliphatic rings. The number of carbonyl (C=O) groups is 1. The first-order valence-electron chi connectivity index (χ1n) is 7.49. The molecule has 0 N–H and O–H groups in total. The van der Waals surface area contributed by atoms with Gasteiger partial charge in [-0.2, -0.15) is 0 Å². The number of halogens is 2. The van der Waals surface area contributed by atoms with E-state index in [1.165, 1.54) is 6.92 Å². The molecule has 0 bridgehead atoms. The van der Waals surface area contributed by atoms with E-state index >= 15 is 0 Å². The lowest BCUT2D eigenvalue weighted by Gasteiger charge is -2.17. The zero-order valence-corrected chi connectivity index (χ0v) is 12.3. The van der Waals surface area contributed by atoms with Crippen molar-refractivity contribution in [3.63, 3.8) is 0 Å². The highest BCUT2D eigenvalue weighted by atomic mass is 19.3. The van der Waals surface area contributed by atoms with E-state index in [1.807, 2.05) is 13.8 Å². The molecule has 1 saturated carbocycles. The van der Waals surface area contributed by atoms with Gasteiger partial charge in [0.05, 0.1) is 5.92 Å². The molecule has 0 aromatic heterocycles. The minimum Gasteiger partial charge on any atom is -0.452 e. The molecule has 0 heterocycles. The van der Waals surface area contributed by atoms with Gasteiger partial charge in [0, 0.05) is 6.92 Å². The number of unbranched alkanes of at least 4 members (excludes halogenated alkanes) is 4. The Morgan fingerprint density at radius 1 is 1.11 bits per heavy atom. The molecule has 1 rings (SSSR count). The molecular weight excluding hydrogens is 250 g/mol. The first-order chi connectivity index (χ1) is 8.92. The second-order valence-electron chi connectivity index (χ2n) is 5.61. The van der Waals surface area contributed by atoms with Crippen molar-refractivity contribution in [1.29, 1.82) is 0 Å². The lowest BCUT2D eigenvalue weighted by molar-refractivity contribution is -0.156. The largest absolute Gasteiger partial charge is 0.452 e. The average Bonchev–Trinajstić information content (AvgIpc) is 2.75. The smallest absolute Gasteiger partial charge is 0.303 e. The molecule has 112 valence electrons. The molecule has 1 aliphatic carbocycles. The summed E-state index contributed by atoms with van der Waals surface area (Å²) in [6, 6.07) is 0. The first-order valence-corrected chi connectivity index (χ1v) is 7.49. The third-order valence-corrected chi connectivity index (χ3v) is 4.06. The Labute approximate surface area is 114 Å². The third-order valence-electron chi connectivity index (χ3n) is 4.06. The molecule has 0 radical (unpaired) electrons. The van der Waals surface area contributed by atoms with E-state index in [4.69, 9.17) is 4.74 Å². The Kier molecular flexibility index (Phi) is 5.75. The quantitative estimate of drug-likeness (QED) is 0.450. The van der Waals surface area contributed by atoms with Crippen LogP contribution in [0.2, 0.25) is 0 Å². The van der Waals surface area contributed by atoms with Crippen LogP contribution >= 0.6 is 0 Å². The number of ether oxygens (including phenoxy) is 1. The lowest BCUT2D eigenvalue weighted by atomic mass is 10.0. The van der Waals surface area contributed by atoms with E-state index < -0.39 is 23.4 Å². The molecule has 2 nitrogen and oxygen atoms in total. The summed E-state index contributed by atoms with van der Waals surface area (Å²) in [5.74, 6) is -4.19. The van der Waals surface area contributed by atoms with Crippen LogP contribution in [0.4, 0.5) is 8.78 Å². The molecule has 0 spiro atoms. The van der Waals surface area contributed by atoms with Gasteiger partial charge in [0.15, 0.2) is 5.60 Å². The molecular formula is C15H26F2O2. The maximum atomic E-state index is 14.1. The van der Waals surface area contributed by atoms with E-state index in [2.05, 4.69) is 0 Å². The van der Waals surface area contributed by atoms with Crippen LogP contribution in [0, 0.1) is 5.92 Å². The summed E-state index contributed by atoms with van der Waals surface area (Å²) in [6.07, 6.45) is 6.08. The van der Waals surface area contributed by atoms with Gasteiger partial charge >= 0.3 is 5.97 Å². The lowest BCUT2D eigenvalue weighted by Crippen LogP contribution is -2.26. The van der Waals surface area contributed by atoms with E-state index in [0.29, 0.717) is 19.3 Å². The molecule has 0 aromatic carbocycles. The van der Waals surface area contributed by atoms with Crippen molar-refractivity contribution >= 4 is 5.97 Å². The molecule has 0 amide bonds. The van der Waals surface area contributed by atoms with Crippen LogP contribution in [0.15, 0.2) is 0 Å². The number of hydrogen-bond acceptors (Lipinski definition) is 2. The minimum absolute atomic E-state index is 0.296. The van der Waals surface area contributed by atoms with Crippen molar-refractivity contribution in [1.82, 2.24) is 0 Å². The topological polar surface area (TPSA) is 26.3 Å². The van der Waals surface area contributed by atoms with Gasteiger partial charge in [0.2, 0.25) is 0 Å². The fourth-order valence-corrected chi connectivity index (χ4v) is 2.94. The van der Waals surface area contributed by atoms with Gasteiger partial charge in [-0.1, -0.05) is 46.0 Å². The Morgan fingerprint density at radius 2 is 1.68 bits per heavy atom. The number of esters is 1. The highest BCUT2D eigenvalue weighted by Gasteiger charge is 2.82. The molecule has 1 fully saturated rings. The fourth-order valence-electron chi connectivity index (χ4n) is 2.94. The van der Waals surface area contributed by atoms with Gasteiger partial charge in [0.25, 0.3) is 5.92 Å². The maximum Gasteiger partial charge on any atom is 0.303 e. The molecule has 0 aromatic rings. The molecule has 0 aliphatic heterocycles. The molecule has 0 saturated heterocycles. The minimum atomic E-state index is -2.83. The zero-order valence-electron chi connectivity index (χ0n) is 12.3. The normalized spacial score (nSPS) is 28.2. The van der Waals surface area contributed by atoms with Crippen LogP contribution in [0.1, 0.15) is 72.1 Å². The maximum absolute atomic E-state index is 14.1. The Morgan fingerprint density at radius 3 is 2.21 bits per heavy atom. The van der Waals surface area contributed by atoms with Crippen LogP contribution in [0.5, 0.6) is 0 Å². The average molecular weight is 276 g/mol. The Hall–Kier alpha value is -0.670. The first kappa shape index (κ1) is 16.4. The van der Waals surface area contributed by atoms with E-state index in [0.717, 1.165) is 32.1 Å². The highest BCUT2D eigenvalue weighted by Crippen LogP contribution is 2.65. The van der Waals surface area contributed by atoms with E-state index in [-0.39, 0.29) is 0 Å². The summed E-state index contributed by atoms with van der Waals surface area (Å²) in [4.78, 5) is 11.1. The molecule has 4 heteroatoms. The van der Waals surface area contributed by atoms with Crippen LogP contribution in [0.25, 0.3) is 0 Å². The SMILES string of the molecule is CCCCCC1C(F)(F)C1(CCCCC)OC(C)=O. The Bertz CT molecular complexity index is 305. The van der Waals surface area contributed by atoms with Crippen molar-refractivity contribution in [2.45, 2.75) is 83.7 Å². The standard InChI is InChI=1S/C15H26F2O2/c1-4-6-8-10-13-14(15(13,16)17,19-12(3)18)11-9-7-5-2/h13H,4-11H2,1-3H3. The van der Waals surface area contributed by atoms with Crippen molar-refractivity contribution in [3.8, 4) is 0 Å². The van der Waals surface area contributed by atoms with Crippen molar-refractivity contribution in [2.24, 2.45) is 5.92 Å². The van der Waals surface area contributed by atoms with E-state index in [1.54, 1.807) is 0 Å². The number of alkyl halides is 2. The van der Waals surface area contributed by atoms with Gasteiger partial charge < -0.3 is 4.74 Å². The number of rotatable bonds is 9. The summed E-state index contributed by atoms with van der Waals surface area (Å²) in [7, 11) is 0. The summed E-state index contributed by atoms with van der Waals surface area (Å²) in [5.41, 5.74) is -1.50. The van der Waals surface area contributed by atoms with Gasteiger partial charge in [-0.25, -0.2) is 8.78 Å². The van der Waals surface area contributed by atoms with Gasteiger partial charge in [-0.05, 0) is 19.3 Å². The van der Waals surface area contributed by atoms with Crippen LogP contribution in [-0.4, -0.2) is 17.5 Å². The van der Waals surface area contributed by atoms with E-state index in [9.17, 15) is 13.6 Å². The number of carbonyl (C=O) groups excluding carboxylic acids is 1. The summed E-state index contributed by atoms with van der Waals surface area (Å²) < 4.78 is 33.2. The van der Waals surface area contributed by atoms with Gasteiger partial charge in [-0.3, -0.25) is 4.79 Å². The molecule has 19 heavy (non-hydrogen) atoms. The van der Waals surface area contributed by atoms with Crippen LogP contribution in [-0.2, 0) is 9.53 Å². The van der Waals surface area contributed by atoms with Crippen molar-refractivity contribution in [3.05, 3.63) is 0 Å². The summed E-state index contributed by atoms with van der Waals surface area (Å²) in [5, 5.41) is 0. The summed E-state index contributed by atoms with van der Waals surface area (Å²) in [6.45, 7) is 5.30. The predicted octanol–water partition coefficient (Wildman–Crippen LogP) is 4.71. The van der Waals surface area contributed by atoms with Gasteiger partial charge in [0.1, 0.15) is 0 Å². The van der Waals surface area contributed by atoms with Crippen molar-refractivity contribution in [2.75, 3.05) is 0 Å². The van der Waals surface area contributed by atoms with Gasteiger partial charge in [-0.15, -0.1) is 0 Å². The summed E-state index contributed by atoms with van der Waals surface area (Å²) >= 11 is 0. The second-order valence-corrected chi connectivity index (χ2v) is 5.61. The fraction of sp³-hybridized carbons (Fsp3) is 0.933.